The fourth-order valence-corrected chi connectivity index (χ4v) is 6.41. The van der Waals surface area contributed by atoms with Crippen molar-refractivity contribution in [2.24, 2.45) is 0 Å². The van der Waals surface area contributed by atoms with E-state index in [-0.39, 0.29) is 23.8 Å². The van der Waals surface area contributed by atoms with E-state index in [0.717, 1.165) is 39.8 Å². The van der Waals surface area contributed by atoms with Crippen LogP contribution >= 0.6 is 22.7 Å². The maximum Gasteiger partial charge on any atom is 0.264 e. The van der Waals surface area contributed by atoms with Crippen LogP contribution < -0.4 is 10.6 Å². The number of anilines is 1. The highest BCUT2D eigenvalue weighted by atomic mass is 32.1. The monoisotopic (exact) mass is 477 g/mol. The van der Waals surface area contributed by atoms with Crippen molar-refractivity contribution in [2.75, 3.05) is 25.0 Å². The number of thiophene rings is 1. The molecule has 0 spiro atoms. The molecule has 1 atom stereocenters. The molecule has 2 aliphatic heterocycles. The van der Waals surface area contributed by atoms with E-state index in [1.165, 1.54) is 22.3 Å². The SMILES string of the molecule is O=C(Nc1ccc(C(=O)N2CC(c3ncc(-c4cccc5[nH]ccc45)s3)C2)s1)[C@@H]1CCCN1. The molecule has 2 saturated heterocycles. The summed E-state index contributed by atoms with van der Waals surface area (Å²) in [5, 5.41) is 9.12. The lowest BCUT2D eigenvalue weighted by Crippen LogP contribution is -2.48. The zero-order valence-corrected chi connectivity index (χ0v) is 19.5. The van der Waals surface area contributed by atoms with Crippen LogP contribution in [0.3, 0.4) is 0 Å². The first-order valence-corrected chi connectivity index (χ1v) is 12.7. The molecular formula is C24H23N5O2S2. The van der Waals surface area contributed by atoms with Crippen LogP contribution in [0.15, 0.2) is 48.8 Å². The number of aromatic amines is 1. The second-order valence-electron chi connectivity index (χ2n) is 8.52. The van der Waals surface area contributed by atoms with Gasteiger partial charge in [0.2, 0.25) is 5.91 Å². The average molecular weight is 478 g/mol. The molecule has 3 aromatic heterocycles. The van der Waals surface area contributed by atoms with Crippen molar-refractivity contribution >= 4 is 50.4 Å². The molecule has 3 N–H and O–H groups in total. The molecular weight excluding hydrogens is 454 g/mol. The Morgan fingerprint density at radius 3 is 2.88 bits per heavy atom. The van der Waals surface area contributed by atoms with Crippen molar-refractivity contribution in [2.45, 2.75) is 24.8 Å². The van der Waals surface area contributed by atoms with Gasteiger partial charge in [0.05, 0.1) is 25.8 Å². The van der Waals surface area contributed by atoms with Crippen molar-refractivity contribution < 1.29 is 9.59 Å². The number of aromatic nitrogens is 2. The number of hydrogen-bond acceptors (Lipinski definition) is 6. The topological polar surface area (TPSA) is 90.1 Å². The maximum atomic E-state index is 12.9. The number of fused-ring (bicyclic) bond motifs is 1. The molecule has 4 aromatic rings. The van der Waals surface area contributed by atoms with Crippen LogP contribution in [0.4, 0.5) is 5.00 Å². The number of carbonyl (C=O) groups is 2. The summed E-state index contributed by atoms with van der Waals surface area (Å²) < 4.78 is 0. The van der Waals surface area contributed by atoms with Crippen LogP contribution in [0.1, 0.15) is 33.4 Å². The van der Waals surface area contributed by atoms with Gasteiger partial charge < -0.3 is 20.5 Å². The Morgan fingerprint density at radius 1 is 1.12 bits per heavy atom. The highest BCUT2D eigenvalue weighted by Crippen LogP contribution is 2.38. The van der Waals surface area contributed by atoms with Crippen LogP contribution in [0.5, 0.6) is 0 Å². The summed E-state index contributed by atoms with van der Waals surface area (Å²) in [6, 6.07) is 11.8. The van der Waals surface area contributed by atoms with Gasteiger partial charge in [-0.3, -0.25) is 9.59 Å². The summed E-state index contributed by atoms with van der Waals surface area (Å²) in [6.07, 6.45) is 5.78. The number of amides is 2. The largest absolute Gasteiger partial charge is 0.361 e. The Labute approximate surface area is 198 Å². The highest BCUT2D eigenvalue weighted by Gasteiger charge is 2.35. The molecule has 2 fully saturated rings. The van der Waals surface area contributed by atoms with Crippen molar-refractivity contribution in [3.63, 3.8) is 0 Å². The zero-order chi connectivity index (χ0) is 22.4. The van der Waals surface area contributed by atoms with Gasteiger partial charge in [-0.15, -0.1) is 22.7 Å². The van der Waals surface area contributed by atoms with E-state index in [9.17, 15) is 9.59 Å². The number of carbonyl (C=O) groups excluding carboxylic acids is 2. The predicted octanol–water partition coefficient (Wildman–Crippen LogP) is 4.28. The number of H-pyrrole nitrogens is 1. The molecule has 0 bridgehead atoms. The van der Waals surface area contributed by atoms with Crippen molar-refractivity contribution in [1.82, 2.24) is 20.2 Å². The molecule has 33 heavy (non-hydrogen) atoms. The summed E-state index contributed by atoms with van der Waals surface area (Å²) in [6.45, 7) is 2.22. The molecule has 2 aliphatic rings. The van der Waals surface area contributed by atoms with Crippen molar-refractivity contribution in [3.8, 4) is 10.4 Å². The number of nitrogens with one attached hydrogen (secondary N) is 3. The summed E-state index contributed by atoms with van der Waals surface area (Å²) in [5.41, 5.74) is 2.31. The predicted molar refractivity (Wildman–Crippen MR) is 132 cm³/mol. The van der Waals surface area contributed by atoms with Gasteiger partial charge in [0, 0.05) is 47.9 Å². The third-order valence-corrected chi connectivity index (χ3v) is 8.52. The van der Waals surface area contributed by atoms with E-state index in [2.05, 4.69) is 44.9 Å². The molecule has 5 heterocycles. The Balaban J connectivity index is 1.08. The van der Waals surface area contributed by atoms with E-state index in [0.29, 0.717) is 18.0 Å². The third kappa shape index (κ3) is 3.86. The minimum Gasteiger partial charge on any atom is -0.361 e. The normalized spacial score (nSPS) is 18.5. The standard InChI is InChI=1S/C24H23N5O2S2/c30-22(18-5-2-9-25-18)28-21-7-6-19(32-21)24(31)29-12-14(13-29)23-27-11-20(33-23)16-3-1-4-17-15(16)8-10-26-17/h1,3-4,6-8,10-11,14,18,25-26H,2,5,9,12-13H2,(H,28,30)/t18-/m0/s1. The van der Waals surface area contributed by atoms with E-state index >= 15 is 0 Å². The number of rotatable bonds is 5. The Kier molecular flexibility index (Phi) is 5.24. The van der Waals surface area contributed by atoms with Crippen LogP contribution in [-0.4, -0.2) is 52.4 Å². The molecule has 6 rings (SSSR count). The summed E-state index contributed by atoms with van der Waals surface area (Å²) >= 11 is 3.05. The van der Waals surface area contributed by atoms with Crippen molar-refractivity contribution in [1.29, 1.82) is 0 Å². The van der Waals surface area contributed by atoms with Gasteiger partial charge in [0.1, 0.15) is 0 Å². The molecule has 0 radical (unpaired) electrons. The van der Waals surface area contributed by atoms with Gasteiger partial charge in [-0.25, -0.2) is 4.98 Å². The maximum absolute atomic E-state index is 12.9. The second kappa shape index (κ2) is 8.40. The first kappa shape index (κ1) is 20.6. The van der Waals surface area contributed by atoms with E-state index in [1.54, 1.807) is 17.4 Å². The zero-order valence-electron chi connectivity index (χ0n) is 17.8. The lowest BCUT2D eigenvalue weighted by molar-refractivity contribution is -0.117. The lowest BCUT2D eigenvalue weighted by Gasteiger charge is -2.37. The van der Waals surface area contributed by atoms with Gasteiger partial charge in [0.15, 0.2) is 0 Å². The summed E-state index contributed by atoms with van der Waals surface area (Å²) in [7, 11) is 0. The molecule has 0 unspecified atom stereocenters. The van der Waals surface area contributed by atoms with Gasteiger partial charge in [-0.1, -0.05) is 12.1 Å². The number of hydrogen-bond donors (Lipinski definition) is 3. The van der Waals surface area contributed by atoms with E-state index in [4.69, 9.17) is 0 Å². The van der Waals surface area contributed by atoms with E-state index in [1.807, 2.05) is 23.4 Å². The minimum absolute atomic E-state index is 0.0182. The van der Waals surface area contributed by atoms with Gasteiger partial charge in [-0.2, -0.15) is 0 Å². The smallest absolute Gasteiger partial charge is 0.264 e. The molecule has 1 aromatic carbocycles. The number of nitrogens with zero attached hydrogens (tertiary/aromatic N) is 2. The quantitative estimate of drug-likeness (QED) is 0.400. The molecule has 0 saturated carbocycles. The average Bonchev–Trinajstić information content (AvgIpc) is 3.59. The lowest BCUT2D eigenvalue weighted by atomic mass is 10.0. The van der Waals surface area contributed by atoms with Crippen LogP contribution in [-0.2, 0) is 4.79 Å². The summed E-state index contributed by atoms with van der Waals surface area (Å²) in [4.78, 5) is 36.8. The van der Waals surface area contributed by atoms with Crippen molar-refractivity contribution in [3.05, 3.63) is 58.7 Å². The fraction of sp³-hybridized carbons (Fsp3) is 0.292. The first-order valence-electron chi connectivity index (χ1n) is 11.1. The first-order chi connectivity index (χ1) is 16.2. The second-order valence-corrected chi connectivity index (χ2v) is 10.7. The molecule has 168 valence electrons. The Hall–Kier alpha value is -3.01. The van der Waals surface area contributed by atoms with Crippen LogP contribution in [0.2, 0.25) is 0 Å². The molecule has 0 aliphatic carbocycles. The highest BCUT2D eigenvalue weighted by molar-refractivity contribution is 7.18. The third-order valence-electron chi connectivity index (χ3n) is 6.34. The molecule has 9 heteroatoms. The molecule has 7 nitrogen and oxygen atoms in total. The van der Waals surface area contributed by atoms with Gasteiger partial charge in [0.25, 0.3) is 5.91 Å². The van der Waals surface area contributed by atoms with Gasteiger partial charge >= 0.3 is 0 Å². The Bertz CT molecular complexity index is 1330. The molecule has 2 amide bonds. The van der Waals surface area contributed by atoms with Crippen LogP contribution in [0.25, 0.3) is 21.3 Å². The number of benzene rings is 1. The Morgan fingerprint density at radius 2 is 2.03 bits per heavy atom. The summed E-state index contributed by atoms with van der Waals surface area (Å²) in [5.74, 6) is 0.266. The number of likely N-dealkylation sites (tertiary alicyclic amines) is 1. The fourth-order valence-electron chi connectivity index (χ4n) is 4.49. The minimum atomic E-state index is -0.130. The van der Waals surface area contributed by atoms with Crippen LogP contribution in [0, 0.1) is 0 Å². The van der Waals surface area contributed by atoms with E-state index < -0.39 is 0 Å². The van der Waals surface area contributed by atoms with Gasteiger partial charge in [-0.05, 0) is 43.7 Å². The number of thiazole rings is 1.